The number of nitrogens with zero attached hydrogens (tertiary/aromatic N) is 2. The molecule has 3 rings (SSSR count). The van der Waals surface area contributed by atoms with Gasteiger partial charge in [-0.15, -0.1) is 0 Å². The van der Waals surface area contributed by atoms with E-state index >= 15 is 0 Å². The van der Waals surface area contributed by atoms with E-state index in [1.54, 1.807) is 6.07 Å². The minimum Gasteiger partial charge on any atom is -0.320 e. The molecule has 3 heterocycles. The van der Waals surface area contributed by atoms with Crippen LogP contribution in [0.2, 0.25) is 0 Å². The van der Waals surface area contributed by atoms with E-state index in [9.17, 15) is 14.4 Å². The highest BCUT2D eigenvalue weighted by molar-refractivity contribution is 7.99. The summed E-state index contributed by atoms with van der Waals surface area (Å²) in [4.78, 5) is 25.3. The van der Waals surface area contributed by atoms with Gasteiger partial charge in [0.2, 0.25) is 0 Å². The molecule has 0 amide bonds. The third kappa shape index (κ3) is 2.93. The summed E-state index contributed by atoms with van der Waals surface area (Å²) in [7, 11) is -4.29. The van der Waals surface area contributed by atoms with Gasteiger partial charge in [-0.1, -0.05) is 6.07 Å². The van der Waals surface area contributed by atoms with Gasteiger partial charge in [-0.2, -0.15) is 11.8 Å². The SMILES string of the molecule is O=P(O)(O)c1ccc2c(n1)C(N1CCSCC1)CNC2. The molecule has 20 heavy (non-hydrogen) atoms. The first kappa shape index (κ1) is 14.5. The number of thioether (sulfide) groups is 1. The number of hydrogen-bond acceptors (Lipinski definition) is 5. The fraction of sp³-hybridized carbons (Fsp3) is 0.583. The maximum absolute atomic E-state index is 11.4. The van der Waals surface area contributed by atoms with Crippen molar-refractivity contribution in [3.05, 3.63) is 23.4 Å². The van der Waals surface area contributed by atoms with Crippen molar-refractivity contribution in [3.8, 4) is 0 Å². The lowest BCUT2D eigenvalue weighted by Crippen LogP contribution is -2.44. The molecule has 0 spiro atoms. The topological polar surface area (TPSA) is 85.7 Å². The predicted molar refractivity (Wildman–Crippen MR) is 79.3 cm³/mol. The molecule has 8 heteroatoms. The molecule has 2 aliphatic heterocycles. The van der Waals surface area contributed by atoms with Crippen molar-refractivity contribution in [2.75, 3.05) is 31.1 Å². The van der Waals surface area contributed by atoms with E-state index in [0.29, 0.717) is 6.54 Å². The van der Waals surface area contributed by atoms with Crippen molar-refractivity contribution >= 4 is 24.8 Å². The zero-order valence-electron chi connectivity index (χ0n) is 11.0. The van der Waals surface area contributed by atoms with Gasteiger partial charge in [-0.05, 0) is 11.6 Å². The van der Waals surface area contributed by atoms with Crippen LogP contribution in [0.3, 0.4) is 0 Å². The molecular formula is C12H18N3O3PS. The zero-order chi connectivity index (χ0) is 14.2. The van der Waals surface area contributed by atoms with Crippen LogP contribution in [0.1, 0.15) is 17.3 Å². The van der Waals surface area contributed by atoms with E-state index < -0.39 is 7.60 Å². The number of rotatable bonds is 2. The van der Waals surface area contributed by atoms with Crippen LogP contribution in [-0.2, 0) is 11.1 Å². The van der Waals surface area contributed by atoms with Crippen LogP contribution < -0.4 is 10.8 Å². The lowest BCUT2D eigenvalue weighted by molar-refractivity contribution is 0.199. The Labute approximate surface area is 122 Å². The van der Waals surface area contributed by atoms with Gasteiger partial charge in [0, 0.05) is 37.7 Å². The van der Waals surface area contributed by atoms with Gasteiger partial charge in [0.05, 0.1) is 11.7 Å². The van der Waals surface area contributed by atoms with Gasteiger partial charge in [0.1, 0.15) is 0 Å². The van der Waals surface area contributed by atoms with Crippen molar-refractivity contribution in [2.24, 2.45) is 0 Å². The van der Waals surface area contributed by atoms with Gasteiger partial charge in [-0.25, -0.2) is 4.98 Å². The molecule has 110 valence electrons. The van der Waals surface area contributed by atoms with Gasteiger partial charge in [0.25, 0.3) is 0 Å². The van der Waals surface area contributed by atoms with Gasteiger partial charge in [-0.3, -0.25) is 9.46 Å². The van der Waals surface area contributed by atoms with Gasteiger partial charge < -0.3 is 15.1 Å². The molecule has 1 fully saturated rings. The summed E-state index contributed by atoms with van der Waals surface area (Å²) in [5, 5.41) is 3.36. The van der Waals surface area contributed by atoms with E-state index in [0.717, 1.165) is 42.4 Å². The summed E-state index contributed by atoms with van der Waals surface area (Å²) < 4.78 is 11.4. The number of fused-ring (bicyclic) bond motifs is 1. The Balaban J connectivity index is 1.95. The third-order valence-corrected chi connectivity index (χ3v) is 5.54. The molecule has 1 atom stereocenters. The van der Waals surface area contributed by atoms with Crippen molar-refractivity contribution in [1.82, 2.24) is 15.2 Å². The van der Waals surface area contributed by atoms with Gasteiger partial charge >= 0.3 is 7.60 Å². The molecule has 6 nitrogen and oxygen atoms in total. The van der Waals surface area contributed by atoms with Crippen LogP contribution >= 0.6 is 19.4 Å². The standard InChI is InChI=1S/C12H18N3O3PS/c16-19(17,18)11-2-1-9-7-13-8-10(12(9)14-11)15-3-5-20-6-4-15/h1-2,10,13H,3-8H2,(H2,16,17,18). The molecule has 1 saturated heterocycles. The van der Waals surface area contributed by atoms with Crippen LogP contribution in [0.15, 0.2) is 12.1 Å². The Bertz CT molecular complexity index is 545. The highest BCUT2D eigenvalue weighted by Gasteiger charge is 2.30. The Morgan fingerprint density at radius 3 is 2.80 bits per heavy atom. The first-order chi connectivity index (χ1) is 9.55. The van der Waals surface area contributed by atoms with Crippen molar-refractivity contribution in [3.63, 3.8) is 0 Å². The number of pyridine rings is 1. The maximum atomic E-state index is 11.4. The molecule has 1 aromatic heterocycles. The second-order valence-electron chi connectivity index (χ2n) is 5.05. The van der Waals surface area contributed by atoms with E-state index in [4.69, 9.17) is 0 Å². The lowest BCUT2D eigenvalue weighted by Gasteiger charge is -2.37. The quantitative estimate of drug-likeness (QED) is 0.666. The average molecular weight is 315 g/mol. The maximum Gasteiger partial charge on any atom is 0.374 e. The summed E-state index contributed by atoms with van der Waals surface area (Å²) in [5.74, 6) is 2.20. The van der Waals surface area contributed by atoms with Crippen molar-refractivity contribution in [2.45, 2.75) is 12.6 Å². The Kier molecular flexibility index (Phi) is 4.17. The number of hydrogen-bond donors (Lipinski definition) is 3. The Morgan fingerprint density at radius 2 is 2.10 bits per heavy atom. The predicted octanol–water partition coefficient (Wildman–Crippen LogP) is 0.0777. The van der Waals surface area contributed by atoms with Crippen molar-refractivity contribution < 1.29 is 14.4 Å². The van der Waals surface area contributed by atoms with Crippen LogP contribution in [0.25, 0.3) is 0 Å². The van der Waals surface area contributed by atoms with Crippen LogP contribution in [0.5, 0.6) is 0 Å². The molecule has 0 bridgehead atoms. The first-order valence-electron chi connectivity index (χ1n) is 6.64. The minimum absolute atomic E-state index is 0.116. The molecule has 1 unspecified atom stereocenters. The highest BCUT2D eigenvalue weighted by Crippen LogP contribution is 2.34. The van der Waals surface area contributed by atoms with Crippen LogP contribution in [0.4, 0.5) is 0 Å². The normalized spacial score (nSPS) is 24.4. The second-order valence-corrected chi connectivity index (χ2v) is 7.82. The molecule has 1 aromatic rings. The van der Waals surface area contributed by atoms with Crippen molar-refractivity contribution in [1.29, 1.82) is 0 Å². The molecule has 3 N–H and O–H groups in total. The largest absolute Gasteiger partial charge is 0.374 e. The molecular weight excluding hydrogens is 297 g/mol. The zero-order valence-corrected chi connectivity index (χ0v) is 12.7. The van der Waals surface area contributed by atoms with E-state index in [-0.39, 0.29) is 11.5 Å². The second kappa shape index (κ2) is 5.75. The summed E-state index contributed by atoms with van der Waals surface area (Å²) in [5.41, 5.74) is 1.75. The monoisotopic (exact) mass is 315 g/mol. The molecule has 0 aliphatic carbocycles. The fourth-order valence-corrected chi connectivity index (χ4v) is 4.16. The molecule has 2 aliphatic rings. The summed E-state index contributed by atoms with van der Waals surface area (Å²) in [6, 6.07) is 3.34. The number of nitrogens with one attached hydrogen (secondary N) is 1. The third-order valence-electron chi connectivity index (χ3n) is 3.75. The van der Waals surface area contributed by atoms with Gasteiger partial charge in [0.15, 0.2) is 5.44 Å². The number of aromatic nitrogens is 1. The highest BCUT2D eigenvalue weighted by atomic mass is 32.2. The summed E-state index contributed by atoms with van der Waals surface area (Å²) in [6.07, 6.45) is 0. The first-order valence-corrected chi connectivity index (χ1v) is 9.41. The minimum atomic E-state index is -4.29. The van der Waals surface area contributed by atoms with Crippen LogP contribution in [0, 0.1) is 0 Å². The fourth-order valence-electron chi connectivity index (χ4n) is 2.72. The summed E-state index contributed by atoms with van der Waals surface area (Å²) >= 11 is 1.94. The Morgan fingerprint density at radius 1 is 1.35 bits per heavy atom. The smallest absolute Gasteiger partial charge is 0.320 e. The Hall–Kier alpha value is -0.430. The van der Waals surface area contributed by atoms with E-state index in [1.807, 2.05) is 11.8 Å². The average Bonchev–Trinajstić information content (AvgIpc) is 2.46. The molecule has 0 aromatic carbocycles. The van der Waals surface area contributed by atoms with E-state index in [1.165, 1.54) is 6.07 Å². The molecule has 0 radical (unpaired) electrons. The molecule has 0 saturated carbocycles. The van der Waals surface area contributed by atoms with Crippen LogP contribution in [-0.4, -0.2) is 50.8 Å². The van der Waals surface area contributed by atoms with E-state index in [2.05, 4.69) is 15.2 Å². The summed E-state index contributed by atoms with van der Waals surface area (Å²) in [6.45, 7) is 3.49. The lowest BCUT2D eigenvalue weighted by atomic mass is 10.0.